The lowest BCUT2D eigenvalue weighted by molar-refractivity contribution is -0.119. The standard InChI is InChI=1S/C32H31ClN6O5/c1-17-19(6-5-9-23(17)37-30(41)22-12-13-35-39(2)32(22)42)20-7-4-8-21(29(20)33)24-14-26-28(31(38-24)43-3)25(16-44-26)34-15-18-10-11-27(40)36-18/h4-9,12-14,18,25,34H,10-11,15-16H2,1-3H3,(H,36,40)(H,37,41)/t18-,25?/m0/s1. The number of methoxy groups -OCH3 is 1. The number of amides is 2. The summed E-state index contributed by atoms with van der Waals surface area (Å²) < 4.78 is 12.9. The number of fused-ring (bicyclic) bond motifs is 1. The van der Waals surface area contributed by atoms with Crippen molar-refractivity contribution in [1.82, 2.24) is 25.4 Å². The zero-order valence-corrected chi connectivity index (χ0v) is 25.2. The summed E-state index contributed by atoms with van der Waals surface area (Å²) in [5.41, 5.74) is 4.50. The van der Waals surface area contributed by atoms with Crippen LogP contribution in [-0.4, -0.2) is 52.9 Å². The molecule has 2 aromatic heterocycles. The molecule has 0 radical (unpaired) electrons. The van der Waals surface area contributed by atoms with E-state index < -0.39 is 11.5 Å². The van der Waals surface area contributed by atoms with Crippen LogP contribution in [0.3, 0.4) is 0 Å². The lowest BCUT2D eigenvalue weighted by Gasteiger charge is -2.18. The molecule has 6 rings (SSSR count). The number of hydrogen-bond donors (Lipinski definition) is 3. The molecule has 2 aromatic carbocycles. The average Bonchev–Trinajstić information content (AvgIpc) is 3.63. The van der Waals surface area contributed by atoms with Gasteiger partial charge in [0.2, 0.25) is 11.8 Å². The number of benzene rings is 2. The third-order valence-electron chi connectivity index (χ3n) is 8.03. The summed E-state index contributed by atoms with van der Waals surface area (Å²) >= 11 is 7.04. The lowest BCUT2D eigenvalue weighted by Crippen LogP contribution is -2.37. The largest absolute Gasteiger partial charge is 0.491 e. The molecule has 2 aliphatic rings. The second-order valence-corrected chi connectivity index (χ2v) is 11.2. The number of aryl methyl sites for hydroxylation is 1. The molecule has 12 heteroatoms. The van der Waals surface area contributed by atoms with E-state index in [-0.39, 0.29) is 23.6 Å². The smallest absolute Gasteiger partial charge is 0.279 e. The van der Waals surface area contributed by atoms with Crippen molar-refractivity contribution in [1.29, 1.82) is 0 Å². The molecule has 0 aliphatic carbocycles. The van der Waals surface area contributed by atoms with Crippen LogP contribution in [0, 0.1) is 6.92 Å². The van der Waals surface area contributed by atoms with E-state index in [9.17, 15) is 14.4 Å². The van der Waals surface area contributed by atoms with Crippen molar-refractivity contribution in [2.75, 3.05) is 25.6 Å². The number of rotatable bonds is 8. The molecule has 2 aliphatic heterocycles. The monoisotopic (exact) mass is 614 g/mol. The quantitative estimate of drug-likeness (QED) is 0.271. The van der Waals surface area contributed by atoms with E-state index in [0.717, 1.165) is 33.4 Å². The number of nitrogens with zero attached hydrogens (tertiary/aromatic N) is 3. The van der Waals surface area contributed by atoms with Crippen molar-refractivity contribution in [2.24, 2.45) is 7.05 Å². The second-order valence-electron chi connectivity index (χ2n) is 10.8. The van der Waals surface area contributed by atoms with Gasteiger partial charge in [-0.2, -0.15) is 5.10 Å². The Morgan fingerprint density at radius 2 is 1.93 bits per heavy atom. The molecule has 226 valence electrons. The molecular weight excluding hydrogens is 584 g/mol. The minimum absolute atomic E-state index is 0.00562. The third kappa shape index (κ3) is 5.51. The third-order valence-corrected chi connectivity index (χ3v) is 8.43. The van der Waals surface area contributed by atoms with Crippen LogP contribution in [0.2, 0.25) is 5.02 Å². The molecule has 0 bridgehead atoms. The van der Waals surface area contributed by atoms with Gasteiger partial charge < -0.3 is 25.4 Å². The van der Waals surface area contributed by atoms with Gasteiger partial charge in [-0.3, -0.25) is 14.4 Å². The number of ether oxygens (including phenoxy) is 2. The molecule has 2 amide bonds. The van der Waals surface area contributed by atoms with Gasteiger partial charge in [0.05, 0.1) is 29.4 Å². The average molecular weight is 615 g/mol. The van der Waals surface area contributed by atoms with E-state index >= 15 is 0 Å². The molecule has 0 saturated carbocycles. The maximum Gasteiger partial charge on any atom is 0.279 e. The summed E-state index contributed by atoms with van der Waals surface area (Å²) in [5, 5.41) is 13.7. The molecule has 44 heavy (non-hydrogen) atoms. The Morgan fingerprint density at radius 1 is 1.16 bits per heavy atom. The van der Waals surface area contributed by atoms with Crippen molar-refractivity contribution in [2.45, 2.75) is 31.8 Å². The topological polar surface area (TPSA) is 136 Å². The number of aromatic nitrogens is 3. The number of carbonyl (C=O) groups excluding carboxylic acids is 2. The van der Waals surface area contributed by atoms with Crippen LogP contribution in [0.5, 0.6) is 11.6 Å². The highest BCUT2D eigenvalue weighted by molar-refractivity contribution is 6.36. The highest BCUT2D eigenvalue weighted by Gasteiger charge is 2.32. The van der Waals surface area contributed by atoms with Crippen LogP contribution in [0.1, 0.15) is 40.4 Å². The Kier molecular flexibility index (Phi) is 8.07. The highest BCUT2D eigenvalue weighted by atomic mass is 35.5. The normalized spacial score (nSPS) is 17.1. The van der Waals surface area contributed by atoms with Crippen LogP contribution in [-0.2, 0) is 11.8 Å². The van der Waals surface area contributed by atoms with E-state index in [4.69, 9.17) is 26.1 Å². The highest BCUT2D eigenvalue weighted by Crippen LogP contribution is 2.44. The molecule has 2 atom stereocenters. The predicted octanol–water partition coefficient (Wildman–Crippen LogP) is 4.03. The first-order valence-corrected chi connectivity index (χ1v) is 14.6. The van der Waals surface area contributed by atoms with E-state index in [1.54, 1.807) is 13.2 Å². The predicted molar refractivity (Wildman–Crippen MR) is 166 cm³/mol. The van der Waals surface area contributed by atoms with Crippen LogP contribution >= 0.6 is 11.6 Å². The number of hydrogen-bond acceptors (Lipinski definition) is 8. The molecular formula is C32H31ClN6O5. The molecule has 1 fully saturated rings. The van der Waals surface area contributed by atoms with Gasteiger partial charge in [-0.25, -0.2) is 9.67 Å². The van der Waals surface area contributed by atoms with Crippen molar-refractivity contribution >= 4 is 29.1 Å². The summed E-state index contributed by atoms with van der Waals surface area (Å²) in [5.74, 6) is 0.645. The van der Waals surface area contributed by atoms with Crippen LogP contribution in [0.15, 0.2) is 59.5 Å². The van der Waals surface area contributed by atoms with Crippen LogP contribution in [0.4, 0.5) is 5.69 Å². The Labute approximate surface area is 258 Å². The fourth-order valence-corrected chi connectivity index (χ4v) is 5.97. The first-order valence-electron chi connectivity index (χ1n) is 14.2. The summed E-state index contributed by atoms with van der Waals surface area (Å²) in [4.78, 5) is 41.8. The zero-order valence-electron chi connectivity index (χ0n) is 24.4. The van der Waals surface area contributed by atoms with Gasteiger partial charge in [-0.1, -0.05) is 41.9 Å². The minimum atomic E-state index is -0.525. The number of carbonyl (C=O) groups is 2. The molecule has 4 aromatic rings. The van der Waals surface area contributed by atoms with E-state index in [2.05, 4.69) is 21.0 Å². The van der Waals surface area contributed by atoms with Crippen molar-refractivity contribution in [3.63, 3.8) is 0 Å². The molecule has 0 spiro atoms. The van der Waals surface area contributed by atoms with Gasteiger partial charge in [0, 0.05) is 55.1 Å². The van der Waals surface area contributed by atoms with Crippen molar-refractivity contribution in [3.8, 4) is 34.0 Å². The number of halogens is 1. The zero-order chi connectivity index (χ0) is 31.0. The lowest BCUT2D eigenvalue weighted by atomic mass is 9.96. The summed E-state index contributed by atoms with van der Waals surface area (Å²) in [6.07, 6.45) is 2.75. The van der Waals surface area contributed by atoms with Gasteiger partial charge >= 0.3 is 0 Å². The maximum absolute atomic E-state index is 13.0. The van der Waals surface area contributed by atoms with Gasteiger partial charge in [0.1, 0.15) is 17.9 Å². The Bertz CT molecular complexity index is 1840. The summed E-state index contributed by atoms with van der Waals surface area (Å²) in [6, 6.07) is 14.4. The summed E-state index contributed by atoms with van der Waals surface area (Å²) in [6.45, 7) is 2.91. The van der Waals surface area contributed by atoms with Gasteiger partial charge in [0.25, 0.3) is 11.5 Å². The SMILES string of the molecule is COc1nc(-c2cccc(-c3cccc(NC(=O)c4ccnn(C)c4=O)c3C)c2Cl)cc2c1C(NC[C@@H]1CCC(=O)N1)CO2. The van der Waals surface area contributed by atoms with Crippen molar-refractivity contribution in [3.05, 3.63) is 86.8 Å². The van der Waals surface area contributed by atoms with E-state index in [0.29, 0.717) is 53.2 Å². The van der Waals surface area contributed by atoms with Crippen LogP contribution in [0.25, 0.3) is 22.4 Å². The Balaban J connectivity index is 1.29. The fourth-order valence-electron chi connectivity index (χ4n) is 5.64. The first kappa shape index (κ1) is 29.3. The first-order chi connectivity index (χ1) is 21.2. The molecule has 3 N–H and O–H groups in total. The maximum atomic E-state index is 13.0. The van der Waals surface area contributed by atoms with E-state index in [1.165, 1.54) is 19.3 Å². The van der Waals surface area contributed by atoms with Gasteiger partial charge in [-0.15, -0.1) is 0 Å². The van der Waals surface area contributed by atoms with Gasteiger partial charge in [0.15, 0.2) is 0 Å². The molecule has 11 nitrogen and oxygen atoms in total. The minimum Gasteiger partial charge on any atom is -0.491 e. The Morgan fingerprint density at radius 3 is 2.70 bits per heavy atom. The molecule has 4 heterocycles. The number of pyridine rings is 1. The van der Waals surface area contributed by atoms with Gasteiger partial charge in [-0.05, 0) is 36.6 Å². The molecule has 1 saturated heterocycles. The van der Waals surface area contributed by atoms with Crippen LogP contribution < -0.4 is 31.0 Å². The number of nitrogens with one attached hydrogen (secondary N) is 3. The second kappa shape index (κ2) is 12.1. The molecule has 1 unspecified atom stereocenters. The van der Waals surface area contributed by atoms with Crippen molar-refractivity contribution < 1.29 is 19.1 Å². The Hall–Kier alpha value is -4.74. The summed E-state index contributed by atoms with van der Waals surface area (Å²) in [7, 11) is 3.06. The van der Waals surface area contributed by atoms with E-state index in [1.807, 2.05) is 43.3 Å². The fraction of sp³-hybridized carbons (Fsp3) is 0.281. The number of anilines is 1.